The molecule has 0 atom stereocenters. The molecule has 0 saturated carbocycles. The highest BCUT2D eigenvalue weighted by Gasteiger charge is 2.18. The van der Waals surface area contributed by atoms with Crippen LogP contribution < -0.4 is 5.32 Å². The van der Waals surface area contributed by atoms with Gasteiger partial charge in [-0.3, -0.25) is 4.79 Å². The van der Waals surface area contributed by atoms with Crippen LogP contribution in [0.4, 0.5) is 5.69 Å². The third-order valence-corrected chi connectivity index (χ3v) is 5.48. The number of sulfonamides is 1. The Hall–Kier alpha value is -1.89. The Kier molecular flexibility index (Phi) is 7.20. The van der Waals surface area contributed by atoms with Crippen LogP contribution in [0.1, 0.15) is 24.5 Å². The molecule has 1 N–H and O–H groups in total. The minimum atomic E-state index is -3.43. The molecule has 0 unspecified atom stereocenters. The van der Waals surface area contributed by atoms with Crippen LogP contribution in [0, 0.1) is 0 Å². The van der Waals surface area contributed by atoms with E-state index in [-0.39, 0.29) is 25.4 Å². The number of aryl methyl sites for hydroxylation is 1. The van der Waals surface area contributed by atoms with Crippen molar-refractivity contribution in [1.29, 1.82) is 0 Å². The number of benzene rings is 2. The first kappa shape index (κ1) is 20.4. The molecule has 0 spiro atoms. The fourth-order valence-corrected chi connectivity index (χ4v) is 3.36. The van der Waals surface area contributed by atoms with Gasteiger partial charge in [-0.05, 0) is 41.8 Å². The smallest absolute Gasteiger partial charge is 0.225 e. The number of hydrogen-bond acceptors (Lipinski definition) is 3. The molecule has 0 aliphatic rings. The van der Waals surface area contributed by atoms with Crippen molar-refractivity contribution in [2.75, 3.05) is 18.1 Å². The molecule has 0 aliphatic carbocycles. The van der Waals surface area contributed by atoms with Crippen molar-refractivity contribution in [3.05, 3.63) is 64.7 Å². The Labute approximate surface area is 160 Å². The molecule has 0 saturated heterocycles. The molecule has 2 aromatic carbocycles. The van der Waals surface area contributed by atoms with Crippen LogP contribution in [0.3, 0.4) is 0 Å². The van der Waals surface area contributed by atoms with Gasteiger partial charge in [-0.25, -0.2) is 8.42 Å². The molecule has 7 heteroatoms. The number of anilines is 1. The monoisotopic (exact) mass is 394 g/mol. The summed E-state index contributed by atoms with van der Waals surface area (Å²) in [4.78, 5) is 12.1. The molecule has 26 heavy (non-hydrogen) atoms. The average Bonchev–Trinajstić information content (AvgIpc) is 2.60. The Morgan fingerprint density at radius 1 is 1.04 bits per heavy atom. The summed E-state index contributed by atoms with van der Waals surface area (Å²) in [5, 5.41) is 3.38. The van der Waals surface area contributed by atoms with Crippen molar-refractivity contribution >= 4 is 33.2 Å². The van der Waals surface area contributed by atoms with Gasteiger partial charge in [-0.15, -0.1) is 0 Å². The number of rotatable bonds is 8. The maximum Gasteiger partial charge on any atom is 0.225 e. The summed E-state index contributed by atoms with van der Waals surface area (Å²) in [6.07, 6.45) is 2.16. The summed E-state index contributed by atoms with van der Waals surface area (Å²) in [7, 11) is -3.43. The molecular weight excluding hydrogens is 372 g/mol. The first-order chi connectivity index (χ1) is 12.3. The molecule has 0 aromatic heterocycles. The van der Waals surface area contributed by atoms with Gasteiger partial charge in [0.25, 0.3) is 0 Å². The van der Waals surface area contributed by atoms with Gasteiger partial charge >= 0.3 is 0 Å². The normalized spacial score (nSPS) is 11.5. The van der Waals surface area contributed by atoms with Crippen molar-refractivity contribution in [2.24, 2.45) is 0 Å². The zero-order valence-corrected chi connectivity index (χ0v) is 16.5. The van der Waals surface area contributed by atoms with E-state index in [2.05, 4.69) is 12.2 Å². The second-order valence-corrected chi connectivity index (χ2v) is 8.49. The van der Waals surface area contributed by atoms with E-state index < -0.39 is 10.0 Å². The van der Waals surface area contributed by atoms with Gasteiger partial charge < -0.3 is 5.32 Å². The molecular formula is C19H23ClN2O3S. The fraction of sp³-hybridized carbons (Fsp3) is 0.316. The Bertz CT molecular complexity index is 834. The lowest BCUT2D eigenvalue weighted by molar-refractivity contribution is -0.116. The summed E-state index contributed by atoms with van der Waals surface area (Å²) >= 11 is 5.85. The predicted octanol–water partition coefficient (Wildman–Crippen LogP) is 3.69. The fourth-order valence-electron chi connectivity index (χ4n) is 2.43. The van der Waals surface area contributed by atoms with E-state index in [1.807, 2.05) is 24.3 Å². The number of nitrogens with one attached hydrogen (secondary N) is 1. The summed E-state index contributed by atoms with van der Waals surface area (Å²) in [5.41, 5.74) is 2.71. The van der Waals surface area contributed by atoms with Crippen molar-refractivity contribution in [3.8, 4) is 0 Å². The standard InChI is InChI=1S/C19H23ClN2O3S/c1-3-15-6-10-18(11-7-15)21-19(23)12-13-22(26(2,24)25)14-16-4-8-17(20)9-5-16/h4-11H,3,12-14H2,1-2H3,(H,21,23). The molecule has 0 fully saturated rings. The minimum Gasteiger partial charge on any atom is -0.326 e. The largest absolute Gasteiger partial charge is 0.326 e. The highest BCUT2D eigenvalue weighted by atomic mass is 35.5. The van der Waals surface area contributed by atoms with E-state index in [0.29, 0.717) is 10.7 Å². The predicted molar refractivity (Wildman–Crippen MR) is 106 cm³/mol. The van der Waals surface area contributed by atoms with Crippen LogP contribution in [0.2, 0.25) is 5.02 Å². The quantitative estimate of drug-likeness (QED) is 0.742. The third-order valence-electron chi connectivity index (χ3n) is 3.98. The minimum absolute atomic E-state index is 0.0796. The van der Waals surface area contributed by atoms with E-state index in [0.717, 1.165) is 18.2 Å². The lowest BCUT2D eigenvalue weighted by Gasteiger charge is -2.20. The molecule has 1 amide bonds. The molecule has 0 radical (unpaired) electrons. The molecule has 0 bridgehead atoms. The number of carbonyl (C=O) groups is 1. The maximum absolute atomic E-state index is 12.1. The summed E-state index contributed by atoms with van der Waals surface area (Å²) in [6, 6.07) is 14.6. The van der Waals surface area contributed by atoms with E-state index in [1.54, 1.807) is 24.3 Å². The SMILES string of the molecule is CCc1ccc(NC(=O)CCN(Cc2ccc(Cl)cc2)S(C)(=O)=O)cc1. The zero-order chi connectivity index (χ0) is 19.2. The maximum atomic E-state index is 12.1. The lowest BCUT2D eigenvalue weighted by Crippen LogP contribution is -2.32. The Morgan fingerprint density at radius 3 is 2.15 bits per heavy atom. The highest BCUT2D eigenvalue weighted by Crippen LogP contribution is 2.14. The van der Waals surface area contributed by atoms with Crippen LogP contribution in [0.5, 0.6) is 0 Å². The van der Waals surface area contributed by atoms with E-state index in [9.17, 15) is 13.2 Å². The highest BCUT2D eigenvalue weighted by molar-refractivity contribution is 7.88. The van der Waals surface area contributed by atoms with E-state index in [1.165, 1.54) is 9.87 Å². The molecule has 140 valence electrons. The van der Waals surface area contributed by atoms with Gasteiger partial charge in [0.1, 0.15) is 0 Å². The van der Waals surface area contributed by atoms with Crippen molar-refractivity contribution in [3.63, 3.8) is 0 Å². The van der Waals surface area contributed by atoms with Crippen molar-refractivity contribution < 1.29 is 13.2 Å². The van der Waals surface area contributed by atoms with Gasteiger partial charge in [0.15, 0.2) is 0 Å². The number of carbonyl (C=O) groups excluding carboxylic acids is 1. The van der Waals surface area contributed by atoms with Crippen LogP contribution in [0.15, 0.2) is 48.5 Å². The van der Waals surface area contributed by atoms with Crippen LogP contribution >= 0.6 is 11.6 Å². The van der Waals surface area contributed by atoms with Gasteiger partial charge in [0.05, 0.1) is 6.26 Å². The van der Waals surface area contributed by atoms with E-state index in [4.69, 9.17) is 11.6 Å². The molecule has 0 aliphatic heterocycles. The number of nitrogens with zero attached hydrogens (tertiary/aromatic N) is 1. The van der Waals surface area contributed by atoms with E-state index >= 15 is 0 Å². The number of amides is 1. The lowest BCUT2D eigenvalue weighted by atomic mass is 10.1. The average molecular weight is 395 g/mol. The third kappa shape index (κ3) is 6.44. The summed E-state index contributed by atoms with van der Waals surface area (Å²) in [6.45, 7) is 2.38. The Balaban J connectivity index is 1.95. The Morgan fingerprint density at radius 2 is 1.62 bits per heavy atom. The van der Waals surface area contributed by atoms with Crippen LogP contribution in [0.25, 0.3) is 0 Å². The second-order valence-electron chi connectivity index (χ2n) is 6.07. The first-order valence-corrected chi connectivity index (χ1v) is 10.6. The molecule has 0 heterocycles. The molecule has 2 rings (SSSR count). The van der Waals surface area contributed by atoms with Crippen LogP contribution in [-0.2, 0) is 27.8 Å². The second kappa shape index (κ2) is 9.16. The summed E-state index contributed by atoms with van der Waals surface area (Å²) in [5.74, 6) is -0.223. The number of hydrogen-bond donors (Lipinski definition) is 1. The van der Waals surface area contributed by atoms with Gasteiger partial charge in [-0.1, -0.05) is 42.8 Å². The van der Waals surface area contributed by atoms with Crippen molar-refractivity contribution in [2.45, 2.75) is 26.3 Å². The molecule has 2 aromatic rings. The molecule has 5 nitrogen and oxygen atoms in total. The van der Waals surface area contributed by atoms with Gasteiger partial charge in [0.2, 0.25) is 15.9 Å². The van der Waals surface area contributed by atoms with Gasteiger partial charge in [0, 0.05) is 30.2 Å². The van der Waals surface area contributed by atoms with Gasteiger partial charge in [-0.2, -0.15) is 4.31 Å². The zero-order valence-electron chi connectivity index (χ0n) is 14.9. The number of halogens is 1. The topological polar surface area (TPSA) is 66.5 Å². The van der Waals surface area contributed by atoms with Crippen molar-refractivity contribution in [1.82, 2.24) is 4.31 Å². The summed E-state index contributed by atoms with van der Waals surface area (Å²) < 4.78 is 25.3. The first-order valence-electron chi connectivity index (χ1n) is 8.36. The van der Waals surface area contributed by atoms with Crippen LogP contribution in [-0.4, -0.2) is 31.4 Å².